The molecule has 2 saturated heterocycles. The van der Waals surface area contributed by atoms with E-state index in [1.165, 1.54) is 11.1 Å². The lowest BCUT2D eigenvalue weighted by molar-refractivity contribution is 0.0342. The molecule has 6 nitrogen and oxygen atoms in total. The van der Waals surface area contributed by atoms with E-state index >= 15 is 0 Å². The molecule has 0 amide bonds. The van der Waals surface area contributed by atoms with Gasteiger partial charge in [0.15, 0.2) is 5.96 Å². The first kappa shape index (κ1) is 24.4. The molecule has 1 aromatic carbocycles. The minimum atomic E-state index is 0. The molecule has 164 valence electrons. The minimum absolute atomic E-state index is 0. The average Bonchev–Trinajstić information content (AvgIpc) is 3.08. The highest BCUT2D eigenvalue weighted by molar-refractivity contribution is 14.0. The fourth-order valence-electron chi connectivity index (χ4n) is 3.95. The lowest BCUT2D eigenvalue weighted by atomic mass is 10.1. The van der Waals surface area contributed by atoms with Crippen molar-refractivity contribution in [3.05, 3.63) is 35.4 Å². The number of nitrogens with one attached hydrogen (secondary N) is 2. The van der Waals surface area contributed by atoms with Crippen molar-refractivity contribution in [2.24, 2.45) is 10.9 Å². The van der Waals surface area contributed by atoms with Gasteiger partial charge in [-0.25, -0.2) is 0 Å². The number of rotatable bonds is 6. The van der Waals surface area contributed by atoms with E-state index in [4.69, 9.17) is 4.74 Å². The van der Waals surface area contributed by atoms with Gasteiger partial charge in [-0.05, 0) is 30.9 Å². The normalized spacial score (nSPS) is 23.8. The van der Waals surface area contributed by atoms with Crippen LogP contribution in [-0.2, 0) is 17.8 Å². The first-order valence-corrected chi connectivity index (χ1v) is 10.6. The van der Waals surface area contributed by atoms with E-state index in [2.05, 4.69) is 70.5 Å². The fourth-order valence-corrected chi connectivity index (χ4v) is 3.95. The van der Waals surface area contributed by atoms with Gasteiger partial charge in [0.05, 0.1) is 13.2 Å². The fraction of sp³-hybridized carbons (Fsp3) is 0.682. The molecule has 0 aliphatic carbocycles. The number of benzene rings is 1. The summed E-state index contributed by atoms with van der Waals surface area (Å²) in [6.07, 6.45) is 0. The third-order valence-electron chi connectivity index (χ3n) is 5.91. The molecular formula is C22H38IN5O. The maximum absolute atomic E-state index is 5.42. The summed E-state index contributed by atoms with van der Waals surface area (Å²) in [7, 11) is 1.85. The van der Waals surface area contributed by atoms with Crippen molar-refractivity contribution >= 4 is 29.9 Å². The lowest BCUT2D eigenvalue weighted by Gasteiger charge is -2.26. The molecule has 2 fully saturated rings. The molecule has 1 aromatic rings. The van der Waals surface area contributed by atoms with Crippen LogP contribution in [0.2, 0.25) is 0 Å². The average molecular weight is 515 g/mol. The Balaban J connectivity index is 0.00000300. The molecule has 3 rings (SSSR count). The number of nitrogens with zero attached hydrogens (tertiary/aromatic N) is 3. The Kier molecular flexibility index (Phi) is 10.1. The van der Waals surface area contributed by atoms with Crippen LogP contribution in [0.4, 0.5) is 0 Å². The molecule has 2 N–H and O–H groups in total. The zero-order valence-corrected chi connectivity index (χ0v) is 20.7. The van der Waals surface area contributed by atoms with E-state index in [-0.39, 0.29) is 24.0 Å². The van der Waals surface area contributed by atoms with Gasteiger partial charge in [0.25, 0.3) is 0 Å². The Labute approximate surface area is 193 Å². The van der Waals surface area contributed by atoms with E-state index in [0.29, 0.717) is 18.0 Å². The van der Waals surface area contributed by atoms with E-state index in [0.717, 1.165) is 58.4 Å². The van der Waals surface area contributed by atoms with E-state index < -0.39 is 0 Å². The number of hydrogen-bond acceptors (Lipinski definition) is 4. The second-order valence-electron chi connectivity index (χ2n) is 8.41. The largest absolute Gasteiger partial charge is 0.379 e. The van der Waals surface area contributed by atoms with Crippen molar-refractivity contribution in [2.75, 3.05) is 46.4 Å². The molecule has 2 unspecified atom stereocenters. The first-order chi connectivity index (χ1) is 13.5. The standard InChI is InChI=1S/C22H37N5O.HI/c1-17(2)27-14-18(3)21(16-27)25-22(23-4)24-13-19-5-7-20(8-6-19)15-26-9-11-28-12-10-26;/h5-8,17-18,21H,9-16H2,1-4H3,(H2,23,24,25);1H. The van der Waals surface area contributed by atoms with Crippen LogP contribution in [0.25, 0.3) is 0 Å². The minimum Gasteiger partial charge on any atom is -0.379 e. The highest BCUT2D eigenvalue weighted by atomic mass is 127. The second kappa shape index (κ2) is 12.1. The summed E-state index contributed by atoms with van der Waals surface area (Å²) in [5, 5.41) is 7.09. The molecule has 0 radical (unpaired) electrons. The van der Waals surface area contributed by atoms with Crippen LogP contribution in [-0.4, -0.2) is 74.3 Å². The number of aliphatic imine (C=N–C) groups is 1. The maximum atomic E-state index is 5.42. The Bertz CT molecular complexity index is 631. The lowest BCUT2D eigenvalue weighted by Crippen LogP contribution is -2.46. The molecule has 0 saturated carbocycles. The third-order valence-corrected chi connectivity index (χ3v) is 5.91. The predicted molar refractivity (Wildman–Crippen MR) is 131 cm³/mol. The molecule has 2 heterocycles. The van der Waals surface area contributed by atoms with Crippen LogP contribution < -0.4 is 10.6 Å². The zero-order valence-electron chi connectivity index (χ0n) is 18.4. The molecule has 0 aromatic heterocycles. The number of hydrogen-bond donors (Lipinski definition) is 2. The molecule has 29 heavy (non-hydrogen) atoms. The Morgan fingerprint density at radius 1 is 1.14 bits per heavy atom. The SMILES string of the molecule is CN=C(NCc1ccc(CN2CCOCC2)cc1)NC1CN(C(C)C)CC1C.I. The Morgan fingerprint density at radius 3 is 2.38 bits per heavy atom. The van der Waals surface area contributed by atoms with Crippen molar-refractivity contribution in [1.82, 2.24) is 20.4 Å². The number of guanidine groups is 1. The van der Waals surface area contributed by atoms with Gasteiger partial charge in [-0.15, -0.1) is 24.0 Å². The van der Waals surface area contributed by atoms with Gasteiger partial charge in [-0.2, -0.15) is 0 Å². The van der Waals surface area contributed by atoms with E-state index in [1.807, 2.05) is 7.05 Å². The van der Waals surface area contributed by atoms with Crippen molar-refractivity contribution in [3.63, 3.8) is 0 Å². The Hall–Kier alpha value is -0.900. The van der Waals surface area contributed by atoms with Crippen molar-refractivity contribution in [3.8, 4) is 0 Å². The summed E-state index contributed by atoms with van der Waals surface area (Å²) < 4.78 is 5.42. The van der Waals surface area contributed by atoms with Crippen LogP contribution in [0.15, 0.2) is 29.3 Å². The van der Waals surface area contributed by atoms with Crippen LogP contribution in [0.1, 0.15) is 31.9 Å². The van der Waals surface area contributed by atoms with Crippen LogP contribution in [0.5, 0.6) is 0 Å². The summed E-state index contributed by atoms with van der Waals surface area (Å²) in [5.41, 5.74) is 2.64. The van der Waals surface area contributed by atoms with Crippen LogP contribution in [0.3, 0.4) is 0 Å². The smallest absolute Gasteiger partial charge is 0.191 e. The van der Waals surface area contributed by atoms with Gasteiger partial charge >= 0.3 is 0 Å². The van der Waals surface area contributed by atoms with Gasteiger partial charge in [0.2, 0.25) is 0 Å². The number of morpholine rings is 1. The predicted octanol–water partition coefficient (Wildman–Crippen LogP) is 2.53. The first-order valence-electron chi connectivity index (χ1n) is 10.6. The number of likely N-dealkylation sites (tertiary alicyclic amines) is 1. The van der Waals surface area contributed by atoms with Crippen LogP contribution >= 0.6 is 24.0 Å². The van der Waals surface area contributed by atoms with E-state index in [9.17, 15) is 0 Å². The van der Waals surface area contributed by atoms with Gasteiger partial charge in [-0.1, -0.05) is 31.2 Å². The number of halogens is 1. The van der Waals surface area contributed by atoms with Gasteiger partial charge in [0.1, 0.15) is 0 Å². The highest BCUT2D eigenvalue weighted by Crippen LogP contribution is 2.18. The van der Waals surface area contributed by atoms with Crippen molar-refractivity contribution < 1.29 is 4.74 Å². The van der Waals surface area contributed by atoms with E-state index in [1.54, 1.807) is 0 Å². The Morgan fingerprint density at radius 2 is 1.79 bits per heavy atom. The third kappa shape index (κ3) is 7.38. The van der Waals surface area contributed by atoms with Crippen LogP contribution in [0, 0.1) is 5.92 Å². The molecule has 7 heteroatoms. The summed E-state index contributed by atoms with van der Waals surface area (Å²) in [5.74, 6) is 1.51. The molecule has 0 bridgehead atoms. The summed E-state index contributed by atoms with van der Waals surface area (Å²) in [4.78, 5) is 9.40. The maximum Gasteiger partial charge on any atom is 0.191 e. The summed E-state index contributed by atoms with van der Waals surface area (Å²) in [6.45, 7) is 14.6. The van der Waals surface area contributed by atoms with Gasteiger partial charge in [-0.3, -0.25) is 14.8 Å². The van der Waals surface area contributed by atoms with Gasteiger partial charge in [0, 0.05) is 58.4 Å². The molecular weight excluding hydrogens is 477 g/mol. The quantitative estimate of drug-likeness (QED) is 0.347. The summed E-state index contributed by atoms with van der Waals surface area (Å²) >= 11 is 0. The molecule has 0 spiro atoms. The zero-order chi connectivity index (χ0) is 19.9. The molecule has 2 aliphatic rings. The van der Waals surface area contributed by atoms with Crippen molar-refractivity contribution in [2.45, 2.75) is 45.9 Å². The summed E-state index contributed by atoms with van der Waals surface area (Å²) in [6, 6.07) is 9.96. The molecule has 2 aliphatic heterocycles. The highest BCUT2D eigenvalue weighted by Gasteiger charge is 2.31. The number of ether oxygens (including phenoxy) is 1. The monoisotopic (exact) mass is 515 g/mol. The van der Waals surface area contributed by atoms with Gasteiger partial charge < -0.3 is 15.4 Å². The van der Waals surface area contributed by atoms with Crippen molar-refractivity contribution in [1.29, 1.82) is 0 Å². The second-order valence-corrected chi connectivity index (χ2v) is 8.41. The molecule has 2 atom stereocenters. The topological polar surface area (TPSA) is 52.1 Å².